The topological polar surface area (TPSA) is 0 Å². The van der Waals surface area contributed by atoms with Crippen LogP contribution in [0.1, 0.15) is 6.92 Å². The molecule has 0 saturated heterocycles. The average molecular weight is 161 g/mol. The Morgan fingerprint density at radius 2 is 2.00 bits per heavy atom. The Kier molecular flexibility index (Phi) is 3.01. The zero-order valence-electron chi connectivity index (χ0n) is 4.50. The van der Waals surface area contributed by atoms with E-state index in [9.17, 15) is 0 Å². The highest BCUT2D eigenvalue weighted by Gasteiger charge is 1.86. The van der Waals surface area contributed by atoms with E-state index in [1.165, 1.54) is 0 Å². The Morgan fingerprint density at radius 3 is 2.00 bits per heavy atom. The van der Waals surface area contributed by atoms with Gasteiger partial charge >= 0.3 is 0 Å². The minimum Gasteiger partial charge on any atom is -0.0958 e. The number of rotatable bonds is 2. The molecule has 0 heterocycles. The van der Waals surface area contributed by atoms with Crippen molar-refractivity contribution in [3.63, 3.8) is 0 Å². The highest BCUT2D eigenvalue weighted by Crippen LogP contribution is 2.05. The lowest BCUT2D eigenvalue weighted by molar-refractivity contribution is 1.41. The summed E-state index contributed by atoms with van der Waals surface area (Å²) in [5.41, 5.74) is 2.12. The Bertz CT molecular complexity index is 92.4. The Balaban J connectivity index is 3.58. The van der Waals surface area contributed by atoms with Crippen LogP contribution in [-0.2, 0) is 0 Å². The van der Waals surface area contributed by atoms with Crippen LogP contribution in [-0.4, -0.2) is 5.33 Å². The fraction of sp³-hybridized carbons (Fsp3) is 0.333. The summed E-state index contributed by atoms with van der Waals surface area (Å²) in [5.74, 6) is 0. The predicted octanol–water partition coefficient (Wildman–Crippen LogP) is 2.51. The molecule has 0 atom stereocenters. The van der Waals surface area contributed by atoms with Crippen LogP contribution in [0, 0.1) is 0 Å². The number of alkyl halides is 1. The second-order valence-corrected chi connectivity index (χ2v) is 2.08. The highest BCUT2D eigenvalue weighted by molar-refractivity contribution is 9.09. The molecule has 7 heavy (non-hydrogen) atoms. The zero-order valence-corrected chi connectivity index (χ0v) is 6.09. The summed E-state index contributed by atoms with van der Waals surface area (Å²) in [6.45, 7) is 9.37. The molecule has 0 aliphatic carbocycles. The van der Waals surface area contributed by atoms with E-state index in [1.54, 1.807) is 0 Å². The lowest BCUT2D eigenvalue weighted by atomic mass is 10.2. The van der Waals surface area contributed by atoms with Crippen molar-refractivity contribution in [3.05, 3.63) is 24.3 Å². The number of halogens is 1. The van der Waals surface area contributed by atoms with E-state index in [0.717, 1.165) is 16.5 Å². The SMILES string of the molecule is C=C(C)C(=C)CBr. The van der Waals surface area contributed by atoms with Crippen molar-refractivity contribution >= 4 is 15.9 Å². The first kappa shape index (κ1) is 6.96. The van der Waals surface area contributed by atoms with Crippen LogP contribution in [0.4, 0.5) is 0 Å². The lowest BCUT2D eigenvalue weighted by Gasteiger charge is -1.94. The van der Waals surface area contributed by atoms with Crippen molar-refractivity contribution in [1.29, 1.82) is 0 Å². The molecule has 0 radical (unpaired) electrons. The van der Waals surface area contributed by atoms with E-state index in [0.29, 0.717) is 0 Å². The van der Waals surface area contributed by atoms with Gasteiger partial charge in [-0.15, -0.1) is 0 Å². The molecule has 0 aromatic carbocycles. The van der Waals surface area contributed by atoms with E-state index in [2.05, 4.69) is 29.1 Å². The van der Waals surface area contributed by atoms with Crippen molar-refractivity contribution in [2.75, 3.05) is 5.33 Å². The molecule has 0 nitrogen and oxygen atoms in total. The smallest absolute Gasteiger partial charge is 0.0279 e. The monoisotopic (exact) mass is 160 g/mol. The van der Waals surface area contributed by atoms with Crippen molar-refractivity contribution in [2.24, 2.45) is 0 Å². The third-order valence-corrected chi connectivity index (χ3v) is 1.44. The van der Waals surface area contributed by atoms with E-state index in [4.69, 9.17) is 0 Å². The van der Waals surface area contributed by atoms with Crippen LogP contribution in [0.2, 0.25) is 0 Å². The quantitative estimate of drug-likeness (QED) is 0.431. The van der Waals surface area contributed by atoms with E-state index in [-0.39, 0.29) is 0 Å². The maximum atomic E-state index is 3.73. The standard InChI is InChI=1S/C6H9Br/c1-5(2)6(3)4-7/h1,3-4H2,2H3. The zero-order chi connectivity index (χ0) is 5.86. The fourth-order valence-electron chi connectivity index (χ4n) is 0.114. The molecule has 40 valence electrons. The average Bonchev–Trinajstić information content (AvgIpc) is 1.65. The van der Waals surface area contributed by atoms with Gasteiger partial charge in [0.1, 0.15) is 0 Å². The molecule has 0 spiro atoms. The minimum absolute atomic E-state index is 0.836. The first-order valence-electron chi connectivity index (χ1n) is 2.08. The summed E-state index contributed by atoms with van der Waals surface area (Å²) < 4.78 is 0. The van der Waals surface area contributed by atoms with E-state index in [1.807, 2.05) is 6.92 Å². The molecule has 0 bridgehead atoms. The van der Waals surface area contributed by atoms with Gasteiger partial charge in [0.25, 0.3) is 0 Å². The Morgan fingerprint density at radius 1 is 1.57 bits per heavy atom. The molecule has 0 aromatic rings. The molecule has 0 N–H and O–H groups in total. The van der Waals surface area contributed by atoms with Gasteiger partial charge in [0.2, 0.25) is 0 Å². The van der Waals surface area contributed by atoms with Crippen LogP contribution in [0.15, 0.2) is 24.3 Å². The van der Waals surface area contributed by atoms with Gasteiger partial charge in [-0.3, -0.25) is 0 Å². The number of hydrogen-bond donors (Lipinski definition) is 0. The van der Waals surface area contributed by atoms with Gasteiger partial charge in [-0.05, 0) is 12.5 Å². The predicted molar refractivity (Wildman–Crippen MR) is 37.7 cm³/mol. The van der Waals surface area contributed by atoms with Gasteiger partial charge < -0.3 is 0 Å². The second kappa shape index (κ2) is 3.03. The second-order valence-electron chi connectivity index (χ2n) is 1.52. The molecule has 0 saturated carbocycles. The van der Waals surface area contributed by atoms with Crippen LogP contribution in [0.3, 0.4) is 0 Å². The Labute approximate surface area is 53.1 Å². The van der Waals surface area contributed by atoms with Crippen molar-refractivity contribution in [1.82, 2.24) is 0 Å². The van der Waals surface area contributed by atoms with Gasteiger partial charge in [-0.1, -0.05) is 34.7 Å². The first-order chi connectivity index (χ1) is 3.18. The molecular weight excluding hydrogens is 152 g/mol. The summed E-state index contributed by atoms with van der Waals surface area (Å²) in [6.07, 6.45) is 0. The van der Waals surface area contributed by atoms with Crippen LogP contribution in [0.5, 0.6) is 0 Å². The fourth-order valence-corrected chi connectivity index (χ4v) is 0.593. The molecule has 0 rings (SSSR count). The van der Waals surface area contributed by atoms with Gasteiger partial charge in [0, 0.05) is 5.33 Å². The first-order valence-corrected chi connectivity index (χ1v) is 3.20. The third-order valence-electron chi connectivity index (χ3n) is 0.765. The van der Waals surface area contributed by atoms with Gasteiger partial charge in [0.05, 0.1) is 0 Å². The van der Waals surface area contributed by atoms with Crippen molar-refractivity contribution in [3.8, 4) is 0 Å². The van der Waals surface area contributed by atoms with Crippen molar-refractivity contribution in [2.45, 2.75) is 6.92 Å². The van der Waals surface area contributed by atoms with Gasteiger partial charge in [-0.2, -0.15) is 0 Å². The van der Waals surface area contributed by atoms with E-state index >= 15 is 0 Å². The van der Waals surface area contributed by atoms with Crippen LogP contribution >= 0.6 is 15.9 Å². The number of allylic oxidation sites excluding steroid dienone is 2. The van der Waals surface area contributed by atoms with Crippen LogP contribution < -0.4 is 0 Å². The molecule has 1 heteroatoms. The highest BCUT2D eigenvalue weighted by atomic mass is 79.9. The van der Waals surface area contributed by atoms with Crippen LogP contribution in [0.25, 0.3) is 0 Å². The molecule has 0 aliphatic rings. The molecule has 0 fully saturated rings. The maximum Gasteiger partial charge on any atom is 0.0279 e. The van der Waals surface area contributed by atoms with E-state index < -0.39 is 0 Å². The molecule has 0 amide bonds. The third kappa shape index (κ3) is 2.63. The number of hydrogen-bond acceptors (Lipinski definition) is 0. The van der Waals surface area contributed by atoms with Gasteiger partial charge in [0.15, 0.2) is 0 Å². The maximum absolute atomic E-state index is 3.73. The summed E-state index contributed by atoms with van der Waals surface area (Å²) in [7, 11) is 0. The Hall–Kier alpha value is -0.0400. The molecule has 0 unspecified atom stereocenters. The molecule has 0 aliphatic heterocycles. The van der Waals surface area contributed by atoms with Crippen molar-refractivity contribution < 1.29 is 0 Å². The summed E-state index contributed by atoms with van der Waals surface area (Å²) in [4.78, 5) is 0. The minimum atomic E-state index is 0.836. The summed E-state index contributed by atoms with van der Waals surface area (Å²) in [6, 6.07) is 0. The summed E-state index contributed by atoms with van der Waals surface area (Å²) >= 11 is 3.25. The summed E-state index contributed by atoms with van der Waals surface area (Å²) in [5, 5.41) is 0.836. The largest absolute Gasteiger partial charge is 0.0958 e. The van der Waals surface area contributed by atoms with Gasteiger partial charge in [-0.25, -0.2) is 0 Å². The molecule has 0 aromatic heterocycles. The lowest BCUT2D eigenvalue weighted by Crippen LogP contribution is -1.79. The molecular formula is C6H9Br. The normalized spacial score (nSPS) is 8.29.